The molecule has 0 saturated heterocycles. The number of aromatic amines is 1. The van der Waals surface area contributed by atoms with E-state index in [-0.39, 0.29) is 16.0 Å². The van der Waals surface area contributed by atoms with Crippen molar-refractivity contribution in [1.82, 2.24) is 9.97 Å². The average molecular weight is 411 g/mol. The number of rotatable bonds is 3. The topological polar surface area (TPSA) is 81.0 Å². The molecule has 0 fully saturated rings. The Bertz CT molecular complexity index is 716. The Kier molecular flexibility index (Phi) is 4.52. The standard InChI is InChI=1S/C12H9F3IN3O2/c13-12(14,15)7-3-6(4-17)1-2-8(7)21-11-9(16)10(20)18-5-19-11/h1-3,5H,4,17H2,(H,18,19,20). The summed E-state index contributed by atoms with van der Waals surface area (Å²) in [4.78, 5) is 17.4. The summed E-state index contributed by atoms with van der Waals surface area (Å²) >= 11 is 1.65. The third kappa shape index (κ3) is 3.53. The summed E-state index contributed by atoms with van der Waals surface area (Å²) < 4.78 is 44.3. The first kappa shape index (κ1) is 15.8. The fourth-order valence-electron chi connectivity index (χ4n) is 1.56. The summed E-state index contributed by atoms with van der Waals surface area (Å²) in [5, 5.41) is 0. The van der Waals surface area contributed by atoms with E-state index in [9.17, 15) is 18.0 Å². The van der Waals surface area contributed by atoms with Gasteiger partial charge in [0.2, 0.25) is 5.88 Å². The molecule has 0 amide bonds. The molecule has 1 aromatic heterocycles. The van der Waals surface area contributed by atoms with E-state index in [1.54, 1.807) is 22.6 Å². The van der Waals surface area contributed by atoms with Crippen molar-refractivity contribution >= 4 is 22.6 Å². The fraction of sp³-hybridized carbons (Fsp3) is 0.167. The molecule has 0 spiro atoms. The summed E-state index contributed by atoms with van der Waals surface area (Å²) in [6.07, 6.45) is -3.55. The van der Waals surface area contributed by atoms with Crippen LogP contribution in [0.15, 0.2) is 29.3 Å². The molecular weight excluding hydrogens is 402 g/mol. The highest BCUT2D eigenvalue weighted by Crippen LogP contribution is 2.38. The molecule has 0 radical (unpaired) electrons. The zero-order valence-electron chi connectivity index (χ0n) is 10.4. The van der Waals surface area contributed by atoms with Crippen LogP contribution in [0.4, 0.5) is 13.2 Å². The lowest BCUT2D eigenvalue weighted by atomic mass is 10.1. The first-order valence-corrected chi connectivity index (χ1v) is 6.72. The van der Waals surface area contributed by atoms with Gasteiger partial charge in [-0.25, -0.2) is 4.98 Å². The van der Waals surface area contributed by atoms with Crippen molar-refractivity contribution < 1.29 is 17.9 Å². The van der Waals surface area contributed by atoms with Gasteiger partial charge < -0.3 is 15.5 Å². The molecule has 0 unspecified atom stereocenters. The van der Waals surface area contributed by atoms with Gasteiger partial charge in [0.1, 0.15) is 9.32 Å². The molecule has 0 aliphatic carbocycles. The van der Waals surface area contributed by atoms with Crippen molar-refractivity contribution in [1.29, 1.82) is 0 Å². The Balaban J connectivity index is 2.49. The van der Waals surface area contributed by atoms with E-state index in [1.165, 1.54) is 6.07 Å². The Morgan fingerprint density at radius 3 is 2.71 bits per heavy atom. The molecule has 0 aliphatic heterocycles. The number of hydrogen-bond donors (Lipinski definition) is 2. The smallest absolute Gasteiger partial charge is 0.419 e. The number of benzene rings is 1. The highest BCUT2D eigenvalue weighted by Gasteiger charge is 2.35. The van der Waals surface area contributed by atoms with E-state index >= 15 is 0 Å². The van der Waals surface area contributed by atoms with Gasteiger partial charge in [-0.05, 0) is 40.3 Å². The second kappa shape index (κ2) is 6.02. The van der Waals surface area contributed by atoms with Gasteiger partial charge in [-0.3, -0.25) is 4.79 Å². The van der Waals surface area contributed by atoms with E-state index in [0.717, 1.165) is 18.5 Å². The van der Waals surface area contributed by atoms with Gasteiger partial charge in [-0.2, -0.15) is 13.2 Å². The zero-order chi connectivity index (χ0) is 15.6. The summed E-state index contributed by atoms with van der Waals surface area (Å²) in [6, 6.07) is 3.49. The third-order valence-corrected chi connectivity index (χ3v) is 3.51. The molecule has 112 valence electrons. The third-order valence-electron chi connectivity index (χ3n) is 2.56. The summed E-state index contributed by atoms with van der Waals surface area (Å²) in [6.45, 7) is -0.0237. The Morgan fingerprint density at radius 2 is 2.10 bits per heavy atom. The van der Waals surface area contributed by atoms with Crippen molar-refractivity contribution in [3.63, 3.8) is 0 Å². The number of alkyl halides is 3. The molecule has 3 N–H and O–H groups in total. The van der Waals surface area contributed by atoms with Crippen LogP contribution in [0.2, 0.25) is 0 Å². The highest BCUT2D eigenvalue weighted by molar-refractivity contribution is 14.1. The van der Waals surface area contributed by atoms with Gasteiger partial charge in [0.05, 0.1) is 11.9 Å². The zero-order valence-corrected chi connectivity index (χ0v) is 12.5. The molecule has 2 rings (SSSR count). The molecule has 9 heteroatoms. The molecule has 1 heterocycles. The predicted octanol–water partition coefficient (Wildman–Crippen LogP) is 2.64. The normalized spacial score (nSPS) is 11.5. The molecule has 0 saturated carbocycles. The van der Waals surface area contributed by atoms with E-state index < -0.39 is 23.0 Å². The number of nitrogens with zero attached hydrogens (tertiary/aromatic N) is 1. The minimum atomic E-state index is -4.60. The van der Waals surface area contributed by atoms with E-state index in [1.807, 2.05) is 0 Å². The van der Waals surface area contributed by atoms with Crippen LogP contribution in [0, 0.1) is 3.57 Å². The van der Waals surface area contributed by atoms with Gasteiger partial charge in [0.15, 0.2) is 0 Å². The Hall–Kier alpha value is -1.62. The highest BCUT2D eigenvalue weighted by atomic mass is 127. The molecule has 1 aromatic carbocycles. The maximum Gasteiger partial charge on any atom is 0.419 e. The van der Waals surface area contributed by atoms with Crippen molar-refractivity contribution in [2.75, 3.05) is 0 Å². The van der Waals surface area contributed by atoms with Crippen LogP contribution in [0.5, 0.6) is 11.6 Å². The number of hydrogen-bond acceptors (Lipinski definition) is 4. The lowest BCUT2D eigenvalue weighted by Gasteiger charge is -2.14. The minimum Gasteiger partial charge on any atom is -0.437 e. The second-order valence-electron chi connectivity index (χ2n) is 3.99. The monoisotopic (exact) mass is 411 g/mol. The van der Waals surface area contributed by atoms with Gasteiger partial charge >= 0.3 is 6.18 Å². The molecule has 0 atom stereocenters. The quantitative estimate of drug-likeness (QED) is 0.762. The van der Waals surface area contributed by atoms with E-state index in [4.69, 9.17) is 10.5 Å². The van der Waals surface area contributed by atoms with Crippen LogP contribution in [0.3, 0.4) is 0 Å². The van der Waals surface area contributed by atoms with E-state index in [0.29, 0.717) is 5.56 Å². The van der Waals surface area contributed by atoms with Crippen molar-refractivity contribution in [2.24, 2.45) is 5.73 Å². The van der Waals surface area contributed by atoms with E-state index in [2.05, 4.69) is 9.97 Å². The van der Waals surface area contributed by atoms with Crippen molar-refractivity contribution in [3.05, 3.63) is 49.6 Å². The lowest BCUT2D eigenvalue weighted by Crippen LogP contribution is -2.13. The summed E-state index contributed by atoms with van der Waals surface area (Å²) in [5.41, 5.74) is 4.20. The number of H-pyrrole nitrogens is 1. The van der Waals surface area contributed by atoms with Crippen LogP contribution >= 0.6 is 22.6 Å². The van der Waals surface area contributed by atoms with Crippen LogP contribution in [0.25, 0.3) is 0 Å². The maximum absolute atomic E-state index is 13.0. The first-order valence-electron chi connectivity index (χ1n) is 5.64. The molecular formula is C12H9F3IN3O2. The van der Waals surface area contributed by atoms with Crippen molar-refractivity contribution in [3.8, 4) is 11.6 Å². The minimum absolute atomic E-state index is 0.0237. The average Bonchev–Trinajstić information content (AvgIpc) is 2.43. The number of nitrogens with two attached hydrogens (primary N) is 1. The van der Waals surface area contributed by atoms with Gasteiger partial charge in [-0.15, -0.1) is 0 Å². The van der Waals surface area contributed by atoms with Crippen molar-refractivity contribution in [2.45, 2.75) is 12.7 Å². The number of halogens is 4. The SMILES string of the molecule is NCc1ccc(Oc2nc[nH]c(=O)c2I)c(C(F)(F)F)c1. The number of aromatic nitrogens is 2. The van der Waals surface area contributed by atoms with Gasteiger partial charge in [0, 0.05) is 6.54 Å². The van der Waals surface area contributed by atoms with Gasteiger partial charge in [0.25, 0.3) is 5.56 Å². The van der Waals surface area contributed by atoms with Crippen LogP contribution in [-0.2, 0) is 12.7 Å². The predicted molar refractivity (Wildman–Crippen MR) is 77.0 cm³/mol. The second-order valence-corrected chi connectivity index (χ2v) is 5.06. The molecule has 0 aliphatic rings. The number of ether oxygens (including phenoxy) is 1. The lowest BCUT2D eigenvalue weighted by molar-refractivity contribution is -0.138. The maximum atomic E-state index is 13.0. The molecule has 0 bridgehead atoms. The van der Waals surface area contributed by atoms with Crippen LogP contribution in [0.1, 0.15) is 11.1 Å². The largest absolute Gasteiger partial charge is 0.437 e. The Morgan fingerprint density at radius 1 is 1.38 bits per heavy atom. The Labute approximate surface area is 130 Å². The number of nitrogens with one attached hydrogen (secondary N) is 1. The first-order chi connectivity index (χ1) is 9.82. The van der Waals surface area contributed by atoms with Crippen LogP contribution in [-0.4, -0.2) is 9.97 Å². The molecule has 21 heavy (non-hydrogen) atoms. The summed E-state index contributed by atoms with van der Waals surface area (Å²) in [7, 11) is 0. The van der Waals surface area contributed by atoms with Gasteiger partial charge in [-0.1, -0.05) is 6.07 Å². The summed E-state index contributed by atoms with van der Waals surface area (Å²) in [5.74, 6) is -0.624. The fourth-order valence-corrected chi connectivity index (χ4v) is 1.96. The molecule has 2 aromatic rings. The molecule has 5 nitrogen and oxygen atoms in total. The van der Waals surface area contributed by atoms with Crippen LogP contribution < -0.4 is 16.0 Å².